The van der Waals surface area contributed by atoms with Crippen molar-refractivity contribution in [2.75, 3.05) is 39.6 Å². The molecule has 2 bridgehead atoms. The zero-order valence-electron chi connectivity index (χ0n) is 76.9. The molecule has 0 aromatic heterocycles. The van der Waals surface area contributed by atoms with Gasteiger partial charge in [-0.15, -0.1) is 27.5 Å². The quantitative estimate of drug-likeness (QED) is 0.0129. The summed E-state index contributed by atoms with van der Waals surface area (Å²) >= 11 is 19.5. The fourth-order valence-electron chi connectivity index (χ4n) is 12.6. The minimum Gasteiger partial charge on any atom is -0.464 e. The number of fused-ring (bicyclic) bond motifs is 5. The van der Waals surface area contributed by atoms with Crippen LogP contribution < -0.4 is 16.0 Å². The van der Waals surface area contributed by atoms with E-state index in [9.17, 15) is 110 Å². The van der Waals surface area contributed by atoms with Gasteiger partial charge < -0.3 is 58.9 Å². The van der Waals surface area contributed by atoms with Gasteiger partial charge in [-0.25, -0.2) is 14.4 Å². The highest BCUT2D eigenvalue weighted by molar-refractivity contribution is 9.11. The van der Waals surface area contributed by atoms with Crippen molar-refractivity contribution in [2.45, 2.75) is 308 Å². The monoisotopic (exact) mass is 2250 g/mol. The van der Waals surface area contributed by atoms with E-state index in [0.717, 1.165) is 4.90 Å². The molecule has 132 heavy (non-hydrogen) atoms. The van der Waals surface area contributed by atoms with Gasteiger partial charge in [0.2, 0.25) is 29.5 Å². The van der Waals surface area contributed by atoms with Gasteiger partial charge in [-0.3, -0.25) is 101 Å². The first-order valence-corrected chi connectivity index (χ1v) is 47.2. The SMILES string of the molecule is C#CCCC(NC(=O)C(C)(CCC(=O)C(C)(C)Br)COC(=O)C(C)(C)Br)C(=O)CCCC(=O)ON1C(=O)CCC1=O.CC(C)(Br)C(=O)CCC(C)(COC(=O)C(C)(C)Br)C(=O)NC(CCC(=O)ON1C(=O)CCC1=O)C(=O)CCCC(=O)ON1C(=O)CCC1=O.CC(C)(C)C(=O)OCC(COC(=O)C(C)(C)Br)(COC(=O)C(C)(C)Br)NC(=O)CCN1C(=O)[C@@H]2C3C=CC(O3)[C@@H]2C1=O. The van der Waals surface area contributed by atoms with E-state index >= 15 is 0 Å². The molecule has 3 N–H and O–H groups in total. The molecule has 734 valence electrons. The van der Waals surface area contributed by atoms with E-state index in [1.165, 1.54) is 20.8 Å². The number of terminal acetylenes is 1. The summed E-state index contributed by atoms with van der Waals surface area (Å²) in [5.74, 6) is -13.1. The average Bonchev–Trinajstić information content (AvgIpc) is 1.57. The third kappa shape index (κ3) is 35.7. The van der Waals surface area contributed by atoms with Crippen LogP contribution in [0.4, 0.5) is 0 Å². The number of hydrogen-bond donors (Lipinski definition) is 3. The van der Waals surface area contributed by atoms with Crippen molar-refractivity contribution in [1.82, 2.24) is 36.0 Å². The molecule has 0 spiro atoms. The number of nitrogens with zero attached hydrogens (tertiary/aromatic N) is 4. The maximum absolute atomic E-state index is 13.8. The van der Waals surface area contributed by atoms with E-state index in [1.807, 2.05) is 0 Å². The van der Waals surface area contributed by atoms with Crippen LogP contribution in [-0.4, -0.2) is 251 Å². The lowest BCUT2D eigenvalue weighted by Crippen LogP contribution is -2.60. The number of amides is 11. The number of rotatable bonds is 48. The fourth-order valence-corrected chi connectivity index (χ4v) is 13.4. The Morgan fingerprint density at radius 2 is 0.712 bits per heavy atom. The predicted molar refractivity (Wildman–Crippen MR) is 484 cm³/mol. The summed E-state index contributed by atoms with van der Waals surface area (Å²) in [6, 6.07) is -2.36. The van der Waals surface area contributed by atoms with Crippen LogP contribution in [0.2, 0.25) is 0 Å². The van der Waals surface area contributed by atoms with Crippen LogP contribution in [0.1, 0.15) is 253 Å². The average molecular weight is 2250 g/mol. The molecule has 0 aromatic carbocycles. The van der Waals surface area contributed by atoms with Gasteiger partial charge >= 0.3 is 47.8 Å². The molecule has 0 radical (unpaired) electrons. The Morgan fingerprint density at radius 1 is 0.409 bits per heavy atom. The number of ether oxygens (including phenoxy) is 6. The Hall–Kier alpha value is -8.45. The number of ketones is 4. The molecule has 0 aromatic rings. The summed E-state index contributed by atoms with van der Waals surface area (Å²) < 4.78 is 26.9. The number of alkyl halides is 6. The maximum Gasteiger partial charge on any atom is 0.333 e. The molecular weight excluding hydrogens is 2130 g/mol. The summed E-state index contributed by atoms with van der Waals surface area (Å²) in [6.07, 6.45) is 5.35. The number of carbonyl (C=O) groups is 23. The highest BCUT2D eigenvalue weighted by Crippen LogP contribution is 2.45. The topological polar surface area (TPSA) is 525 Å². The molecule has 11 amide bonds. The molecule has 6 aliphatic heterocycles. The number of likely N-dealkylation sites (tertiary alicyclic amines) is 1. The summed E-state index contributed by atoms with van der Waals surface area (Å²) in [6.45, 7) is 24.5. The van der Waals surface area contributed by atoms with E-state index in [-0.39, 0.29) is 153 Å². The third-order valence-corrected chi connectivity index (χ3v) is 23.2. The van der Waals surface area contributed by atoms with E-state index in [2.05, 4.69) is 117 Å². The lowest BCUT2D eigenvalue weighted by atomic mass is 9.82. The summed E-state index contributed by atoms with van der Waals surface area (Å²) in [5.41, 5.74) is -5.47. The Kier molecular flexibility index (Phi) is 42.9. The number of esters is 5. The minimum atomic E-state index is -1.69. The standard InChI is InChI=1S/C31H41Br2N3O13.C28H38Br2N2O10.C28H38Br2N2O9/c1-29(2,32)20(38)15-16-31(5,17-47-28(46)30(3,4)33)27(45)34-18(9-14-26(44)49-36-23(41)12-13-24(36)42)19(37)7-6-8-25(43)48-35-21(39)10-11-22(35)40;1-25(2,3)22(36)39-12-28(13-40-23(37)26(4,5)29,14-41-24(38)27(6,7)30)31-17(33)10-11-32-20(34)18-15-8-9-16(42-15)19(18)21(32)35;1-7-8-10-18(19(33)11-9-12-23(37)41-32-21(35)13-14-22(32)36)31-24(38)28(6,16-15-20(34)26(2,3)29)17-40-25(39)27(4,5)30/h18H,6-17H2,1-5H3,(H,34,45);8-9,15-16,18-19H,10-14H2,1-7H3,(H,31,33);1,18H,8-17H2,2-6H3,(H,31,38)/t;15?,16?,18-,19+;. The van der Waals surface area contributed by atoms with Gasteiger partial charge in [0.1, 0.15) is 67.4 Å². The fraction of sp³-hybridized carbons (Fsp3) is 0.690. The van der Waals surface area contributed by atoms with Crippen molar-refractivity contribution >= 4 is 231 Å². The van der Waals surface area contributed by atoms with Gasteiger partial charge in [0, 0.05) is 96.4 Å². The first-order valence-electron chi connectivity index (χ1n) is 42.4. The second-order valence-corrected chi connectivity index (χ2v) is 48.8. The molecule has 45 heteroatoms. The van der Waals surface area contributed by atoms with Crippen LogP contribution >= 0.6 is 95.6 Å². The van der Waals surface area contributed by atoms with Gasteiger partial charge in [0.05, 0.1) is 67.4 Å². The molecule has 6 unspecified atom stereocenters. The second-order valence-electron chi connectivity index (χ2n) is 37.0. The maximum atomic E-state index is 13.8. The minimum absolute atomic E-state index is 0.00449. The predicted octanol–water partition coefficient (Wildman–Crippen LogP) is 8.12. The van der Waals surface area contributed by atoms with E-state index in [0.29, 0.717) is 15.2 Å². The first kappa shape index (κ1) is 116. The second kappa shape index (κ2) is 48.8. The molecule has 39 nitrogen and oxygen atoms in total. The van der Waals surface area contributed by atoms with Crippen LogP contribution in [0, 0.1) is 40.4 Å². The van der Waals surface area contributed by atoms with Gasteiger partial charge in [0.25, 0.3) is 35.4 Å². The number of hydroxylamine groups is 6. The molecule has 5 saturated heterocycles. The molecule has 6 heterocycles. The van der Waals surface area contributed by atoms with Crippen molar-refractivity contribution in [2.24, 2.45) is 28.1 Å². The molecular formula is C87H117Br6N7O32. The first-order chi connectivity index (χ1) is 60.5. The molecule has 0 aliphatic carbocycles. The van der Waals surface area contributed by atoms with Crippen molar-refractivity contribution in [3.05, 3.63) is 12.2 Å². The lowest BCUT2D eigenvalue weighted by Gasteiger charge is -2.35. The largest absolute Gasteiger partial charge is 0.464 e. The zero-order chi connectivity index (χ0) is 101. The number of imide groups is 4. The van der Waals surface area contributed by atoms with E-state index in [1.54, 1.807) is 109 Å². The summed E-state index contributed by atoms with van der Waals surface area (Å²) in [5, 5.41) is 9.13. The number of nitrogens with one attached hydrogen (secondary N) is 3. The van der Waals surface area contributed by atoms with Crippen LogP contribution in [0.25, 0.3) is 0 Å². The van der Waals surface area contributed by atoms with Gasteiger partial charge in [-0.2, -0.15) is 0 Å². The Labute approximate surface area is 815 Å². The number of Topliss-reactive ketones (excluding diaryl/α,β-unsaturated/α-hetero) is 4. The Bertz CT molecular complexity index is 4300. The molecule has 6 rings (SSSR count). The number of hydrogen-bond acceptors (Lipinski definition) is 32. The van der Waals surface area contributed by atoms with Crippen molar-refractivity contribution < 1.29 is 153 Å². The zero-order valence-corrected chi connectivity index (χ0v) is 86.4. The summed E-state index contributed by atoms with van der Waals surface area (Å²) in [4.78, 5) is 304. The third-order valence-electron chi connectivity index (χ3n) is 21.0. The van der Waals surface area contributed by atoms with Crippen molar-refractivity contribution in [1.29, 1.82) is 0 Å². The highest BCUT2D eigenvalue weighted by atomic mass is 79.9. The van der Waals surface area contributed by atoms with Crippen LogP contribution in [0.3, 0.4) is 0 Å². The molecule has 0 saturated carbocycles. The van der Waals surface area contributed by atoms with Gasteiger partial charge in [-0.1, -0.05) is 108 Å². The molecule has 6 aliphatic rings. The smallest absolute Gasteiger partial charge is 0.333 e. The normalized spacial score (nSPS) is 18.8. The van der Waals surface area contributed by atoms with Gasteiger partial charge in [-0.05, 0) is 156 Å². The Balaban J connectivity index is 0.000000416. The van der Waals surface area contributed by atoms with Crippen LogP contribution in [0.15, 0.2) is 12.2 Å². The molecule has 8 atom stereocenters. The van der Waals surface area contributed by atoms with Gasteiger partial charge in [0.15, 0.2) is 11.6 Å². The highest BCUT2D eigenvalue weighted by Gasteiger charge is 2.61. The van der Waals surface area contributed by atoms with Crippen molar-refractivity contribution in [3.8, 4) is 12.3 Å². The number of halogens is 6. The number of carbonyl (C=O) groups excluding carboxylic acids is 23. The lowest BCUT2D eigenvalue weighted by molar-refractivity contribution is -0.197. The van der Waals surface area contributed by atoms with Crippen LogP contribution in [-0.2, 0) is 153 Å². The molecule has 5 fully saturated rings. The Morgan fingerprint density at radius 3 is 1.02 bits per heavy atom. The van der Waals surface area contributed by atoms with E-state index < -0.39 is 241 Å². The van der Waals surface area contributed by atoms with E-state index in [4.69, 9.17) is 49.4 Å². The van der Waals surface area contributed by atoms with Crippen molar-refractivity contribution in [3.63, 3.8) is 0 Å². The summed E-state index contributed by atoms with van der Waals surface area (Å²) in [7, 11) is 0. The van der Waals surface area contributed by atoms with Crippen LogP contribution in [0.5, 0.6) is 0 Å².